The van der Waals surface area contributed by atoms with E-state index < -0.39 is 40.7 Å². The summed E-state index contributed by atoms with van der Waals surface area (Å²) in [4.78, 5) is 27.5. The lowest BCUT2D eigenvalue weighted by Gasteiger charge is -2.51. The fraction of sp³-hybridized carbons (Fsp3) is 0.455. The Morgan fingerprint density at radius 3 is 2.88 bits per heavy atom. The summed E-state index contributed by atoms with van der Waals surface area (Å²) in [5.74, 6) is -2.34. The predicted molar refractivity (Wildman–Crippen MR) is 118 cm³/mol. The van der Waals surface area contributed by atoms with E-state index >= 15 is 0 Å². The third kappa shape index (κ3) is 3.41. The van der Waals surface area contributed by atoms with Gasteiger partial charge in [0, 0.05) is 25.6 Å². The third-order valence-corrected chi connectivity index (χ3v) is 7.82. The molecule has 3 N–H and O–H groups in total. The first-order valence-corrected chi connectivity index (χ1v) is 11.6. The molecule has 2 aromatic rings. The Balaban J connectivity index is 1.55. The van der Waals surface area contributed by atoms with Gasteiger partial charge in [-0.05, 0) is 31.4 Å². The molecule has 1 amide bonds. The summed E-state index contributed by atoms with van der Waals surface area (Å²) in [5, 5.41) is 19.6. The van der Waals surface area contributed by atoms with Crippen molar-refractivity contribution in [3.8, 4) is 16.3 Å². The number of alkyl halides is 1. The molecule has 1 saturated carbocycles. The van der Waals surface area contributed by atoms with E-state index in [1.807, 2.05) is 0 Å². The van der Waals surface area contributed by atoms with Gasteiger partial charge in [0.05, 0.1) is 11.6 Å². The first-order chi connectivity index (χ1) is 15.7. The number of aromatic nitrogens is 3. The number of likely N-dealkylation sites (N-methyl/N-ethyl adjacent to an activating group) is 1. The number of carbonyl (C=O) groups is 1. The molecule has 3 heterocycles. The van der Waals surface area contributed by atoms with Crippen molar-refractivity contribution in [3.63, 3.8) is 0 Å². The number of allylic oxidation sites excluding steroid dienone is 4. The van der Waals surface area contributed by atoms with Gasteiger partial charge in [0.25, 0.3) is 5.91 Å². The Bertz CT molecular complexity index is 1260. The van der Waals surface area contributed by atoms with Gasteiger partial charge in [-0.25, -0.2) is 8.78 Å². The van der Waals surface area contributed by atoms with Crippen LogP contribution in [-0.4, -0.2) is 49.9 Å². The van der Waals surface area contributed by atoms with Gasteiger partial charge in [-0.15, -0.1) is 10.2 Å². The summed E-state index contributed by atoms with van der Waals surface area (Å²) in [6.45, 7) is 0. The molecule has 1 aliphatic heterocycles. The molecule has 11 heteroatoms. The quantitative estimate of drug-likeness (QED) is 0.706. The number of hydrogen-bond donors (Lipinski definition) is 2. The molecule has 174 valence electrons. The molecule has 8 nitrogen and oxygen atoms in total. The average molecular weight is 476 g/mol. The van der Waals surface area contributed by atoms with Crippen molar-refractivity contribution in [1.82, 2.24) is 19.7 Å². The standard InChI is InChI=1S/C22H23F2N5O3S/c1-28-15-4-2-3-7-22(15,25)29-10-13(18(30)19(31)17(29)21(28)32)20-27-26-16(33-20)8-11-5-6-12(23)9-14(11)24/h5-6,9-11,14-15,31H,2-4,7-8,25H2,1H3/t11?,14-,15+,22?/m0/s1. The van der Waals surface area contributed by atoms with Crippen molar-refractivity contribution in [2.24, 2.45) is 11.7 Å². The maximum absolute atomic E-state index is 14.1. The Labute approximate surface area is 192 Å². The number of nitrogens with zero attached hydrogens (tertiary/aromatic N) is 4. The molecule has 0 aromatic carbocycles. The second-order valence-corrected chi connectivity index (χ2v) is 9.89. The Kier molecular flexibility index (Phi) is 5.20. The molecule has 2 unspecified atom stereocenters. The van der Waals surface area contributed by atoms with E-state index in [0.29, 0.717) is 11.4 Å². The van der Waals surface area contributed by atoms with Gasteiger partial charge < -0.3 is 20.3 Å². The van der Waals surface area contributed by atoms with Crippen molar-refractivity contribution >= 4 is 17.2 Å². The molecule has 0 bridgehead atoms. The smallest absolute Gasteiger partial charge is 0.274 e. The Hall–Kier alpha value is -2.92. The summed E-state index contributed by atoms with van der Waals surface area (Å²) in [5.41, 5.74) is 5.03. The van der Waals surface area contributed by atoms with Crippen LogP contribution in [0.1, 0.15) is 41.2 Å². The van der Waals surface area contributed by atoms with E-state index in [2.05, 4.69) is 10.2 Å². The first-order valence-electron chi connectivity index (χ1n) is 10.8. The van der Waals surface area contributed by atoms with E-state index in [0.717, 1.165) is 36.7 Å². The molecule has 0 radical (unpaired) electrons. The van der Waals surface area contributed by atoms with Crippen LogP contribution in [0.5, 0.6) is 5.75 Å². The molecule has 5 rings (SSSR count). The van der Waals surface area contributed by atoms with Gasteiger partial charge in [-0.2, -0.15) is 0 Å². The SMILES string of the molecule is CN1C(=O)c2c(O)c(=O)c(-c3nnc(CC4C=CC(F)=C[C@@H]4F)s3)cn2C2(N)CCCC[C@@H]12. The number of halogens is 2. The van der Waals surface area contributed by atoms with Crippen LogP contribution in [0.3, 0.4) is 0 Å². The highest BCUT2D eigenvalue weighted by molar-refractivity contribution is 7.14. The number of carbonyl (C=O) groups excluding carboxylic acids is 1. The summed E-state index contributed by atoms with van der Waals surface area (Å²) >= 11 is 1.09. The molecular weight excluding hydrogens is 452 g/mol. The van der Waals surface area contributed by atoms with Crippen LogP contribution in [-0.2, 0) is 12.1 Å². The van der Waals surface area contributed by atoms with Crippen LogP contribution >= 0.6 is 11.3 Å². The van der Waals surface area contributed by atoms with Crippen molar-refractivity contribution in [3.05, 3.63) is 51.2 Å². The number of rotatable bonds is 3. The first kappa shape index (κ1) is 21.9. The summed E-state index contributed by atoms with van der Waals surface area (Å²) < 4.78 is 28.9. The summed E-state index contributed by atoms with van der Waals surface area (Å²) in [7, 11) is 1.64. The normalized spacial score (nSPS) is 29.0. The van der Waals surface area contributed by atoms with Crippen LogP contribution in [0.25, 0.3) is 10.6 Å². The number of hydrogen-bond acceptors (Lipinski definition) is 7. The van der Waals surface area contributed by atoms with Crippen LogP contribution in [0.4, 0.5) is 8.78 Å². The van der Waals surface area contributed by atoms with Gasteiger partial charge in [-0.1, -0.05) is 23.8 Å². The molecule has 2 aromatic heterocycles. The summed E-state index contributed by atoms with van der Waals surface area (Å²) in [6, 6.07) is -0.265. The van der Waals surface area contributed by atoms with Gasteiger partial charge in [-0.3, -0.25) is 9.59 Å². The van der Waals surface area contributed by atoms with E-state index in [4.69, 9.17) is 5.73 Å². The molecule has 4 atom stereocenters. The molecule has 0 spiro atoms. The molecule has 0 saturated heterocycles. The minimum absolute atomic E-state index is 0.0772. The fourth-order valence-electron chi connectivity index (χ4n) is 5.05. The van der Waals surface area contributed by atoms with Gasteiger partial charge in [0.15, 0.2) is 16.5 Å². The minimum atomic E-state index is -1.48. The minimum Gasteiger partial charge on any atom is -0.503 e. The van der Waals surface area contributed by atoms with Gasteiger partial charge in [0.1, 0.15) is 22.7 Å². The average Bonchev–Trinajstić information content (AvgIpc) is 3.24. The largest absolute Gasteiger partial charge is 0.503 e. The third-order valence-electron chi connectivity index (χ3n) is 6.84. The van der Waals surface area contributed by atoms with Crippen LogP contribution in [0.15, 0.2) is 35.0 Å². The lowest BCUT2D eigenvalue weighted by atomic mass is 9.81. The van der Waals surface area contributed by atoms with Gasteiger partial charge in [0.2, 0.25) is 5.43 Å². The number of fused-ring (bicyclic) bond motifs is 3. The van der Waals surface area contributed by atoms with Crippen molar-refractivity contribution < 1.29 is 18.7 Å². The van der Waals surface area contributed by atoms with E-state index in [-0.39, 0.29) is 28.7 Å². The highest BCUT2D eigenvalue weighted by atomic mass is 32.1. The zero-order valence-corrected chi connectivity index (χ0v) is 18.7. The highest BCUT2D eigenvalue weighted by Gasteiger charge is 2.49. The molecule has 33 heavy (non-hydrogen) atoms. The van der Waals surface area contributed by atoms with Crippen molar-refractivity contribution in [1.29, 1.82) is 0 Å². The fourth-order valence-corrected chi connectivity index (χ4v) is 5.97. The molecule has 1 fully saturated rings. The monoisotopic (exact) mass is 475 g/mol. The van der Waals surface area contributed by atoms with Crippen LogP contribution in [0.2, 0.25) is 0 Å². The van der Waals surface area contributed by atoms with E-state index in [1.165, 1.54) is 27.8 Å². The van der Waals surface area contributed by atoms with E-state index in [9.17, 15) is 23.5 Å². The highest BCUT2D eigenvalue weighted by Crippen LogP contribution is 2.41. The lowest BCUT2D eigenvalue weighted by molar-refractivity contribution is 0.0184. The molecular formula is C22H23F2N5O3S. The zero-order chi connectivity index (χ0) is 23.5. The van der Waals surface area contributed by atoms with Crippen LogP contribution < -0.4 is 11.2 Å². The maximum Gasteiger partial charge on any atom is 0.274 e. The lowest BCUT2D eigenvalue weighted by Crippen LogP contribution is -2.66. The topological polar surface area (TPSA) is 114 Å². The van der Waals surface area contributed by atoms with Gasteiger partial charge >= 0.3 is 0 Å². The van der Waals surface area contributed by atoms with Crippen molar-refractivity contribution in [2.45, 2.75) is 50.0 Å². The zero-order valence-electron chi connectivity index (χ0n) is 17.9. The maximum atomic E-state index is 14.1. The Morgan fingerprint density at radius 2 is 2.12 bits per heavy atom. The Morgan fingerprint density at radius 1 is 1.33 bits per heavy atom. The number of amides is 1. The second-order valence-electron chi connectivity index (χ2n) is 8.83. The molecule has 2 aliphatic carbocycles. The number of aromatic hydroxyl groups is 1. The number of pyridine rings is 1. The molecule has 3 aliphatic rings. The number of nitrogens with two attached hydrogens (primary N) is 1. The summed E-state index contributed by atoms with van der Waals surface area (Å²) in [6.07, 6.45) is 6.85. The second kappa shape index (κ2) is 7.84. The van der Waals surface area contributed by atoms with E-state index in [1.54, 1.807) is 7.05 Å². The predicted octanol–water partition coefficient (Wildman–Crippen LogP) is 2.63. The van der Waals surface area contributed by atoms with Crippen LogP contribution in [0, 0.1) is 5.92 Å². The van der Waals surface area contributed by atoms with Crippen molar-refractivity contribution in [2.75, 3.05) is 7.05 Å².